The highest BCUT2D eigenvalue weighted by molar-refractivity contribution is 6.30. The number of pyridine rings is 1. The largest absolute Gasteiger partial charge is 0.362 e. The topological polar surface area (TPSA) is 64.1 Å². The van der Waals surface area contributed by atoms with Crippen LogP contribution in [-0.4, -0.2) is 67.4 Å². The van der Waals surface area contributed by atoms with Crippen LogP contribution in [0.25, 0.3) is 0 Å². The molecule has 0 spiro atoms. The summed E-state index contributed by atoms with van der Waals surface area (Å²) in [5.74, 6) is 1.72. The lowest BCUT2D eigenvalue weighted by atomic mass is 10.2. The standard InChI is InChI=1S/C21H27ClN6O/c1-23-21(25-13-17-5-4-10-24-20(17)26(2)3)28-12-11-27(19(29)15-28)14-16-6-8-18(22)9-7-16/h4-10H,11-15H2,1-3H3,(H,23,25). The van der Waals surface area contributed by atoms with Gasteiger partial charge >= 0.3 is 0 Å². The first-order valence-electron chi connectivity index (χ1n) is 9.57. The molecule has 1 aromatic carbocycles. The lowest BCUT2D eigenvalue weighted by Gasteiger charge is -2.36. The molecule has 1 aromatic heterocycles. The second-order valence-electron chi connectivity index (χ2n) is 7.14. The number of guanidine groups is 1. The molecule has 1 amide bonds. The number of halogens is 1. The molecule has 0 radical (unpaired) electrons. The van der Waals surface area contributed by atoms with Crippen molar-refractivity contribution in [3.63, 3.8) is 0 Å². The maximum atomic E-state index is 12.7. The fourth-order valence-corrected chi connectivity index (χ4v) is 3.47. The third-order valence-corrected chi connectivity index (χ3v) is 5.10. The maximum Gasteiger partial charge on any atom is 0.242 e. The van der Waals surface area contributed by atoms with Gasteiger partial charge in [0.15, 0.2) is 5.96 Å². The molecule has 1 N–H and O–H groups in total. The summed E-state index contributed by atoms with van der Waals surface area (Å²) >= 11 is 5.94. The first kappa shape index (κ1) is 20.9. The first-order chi connectivity index (χ1) is 14.0. The van der Waals surface area contributed by atoms with Gasteiger partial charge in [0, 0.05) is 64.1 Å². The van der Waals surface area contributed by atoms with Gasteiger partial charge in [-0.1, -0.05) is 29.8 Å². The molecular formula is C21H27ClN6O. The molecule has 0 aliphatic carbocycles. The molecule has 7 nitrogen and oxygen atoms in total. The summed E-state index contributed by atoms with van der Waals surface area (Å²) in [6.45, 7) is 2.87. The minimum atomic E-state index is 0.0875. The fourth-order valence-electron chi connectivity index (χ4n) is 3.34. The number of aromatic nitrogens is 1. The number of anilines is 1. The second-order valence-corrected chi connectivity index (χ2v) is 7.58. The second kappa shape index (κ2) is 9.60. The van der Waals surface area contributed by atoms with E-state index in [1.807, 2.05) is 65.2 Å². The molecule has 8 heteroatoms. The van der Waals surface area contributed by atoms with E-state index in [9.17, 15) is 4.79 Å². The first-order valence-corrected chi connectivity index (χ1v) is 9.94. The predicted molar refractivity (Wildman–Crippen MR) is 117 cm³/mol. The van der Waals surface area contributed by atoms with Crippen molar-refractivity contribution in [1.29, 1.82) is 0 Å². The molecule has 1 fully saturated rings. The van der Waals surface area contributed by atoms with E-state index in [2.05, 4.69) is 15.3 Å². The van der Waals surface area contributed by atoms with E-state index >= 15 is 0 Å². The molecule has 1 aliphatic rings. The van der Waals surface area contributed by atoms with Gasteiger partial charge in [-0.3, -0.25) is 9.79 Å². The van der Waals surface area contributed by atoms with E-state index < -0.39 is 0 Å². The molecule has 0 bridgehead atoms. The van der Waals surface area contributed by atoms with Crippen molar-refractivity contribution >= 4 is 29.3 Å². The Kier molecular flexibility index (Phi) is 6.93. The average molecular weight is 415 g/mol. The van der Waals surface area contributed by atoms with Crippen molar-refractivity contribution in [1.82, 2.24) is 20.1 Å². The predicted octanol–water partition coefficient (Wildman–Crippen LogP) is 2.22. The Hall–Kier alpha value is -2.80. The number of nitrogens with zero attached hydrogens (tertiary/aromatic N) is 5. The fraction of sp³-hybridized carbons (Fsp3) is 0.381. The SMILES string of the molecule is CN=C(NCc1cccnc1N(C)C)N1CCN(Cc2ccc(Cl)cc2)C(=O)C1. The van der Waals surface area contributed by atoms with Crippen LogP contribution in [0.3, 0.4) is 0 Å². The van der Waals surface area contributed by atoms with Gasteiger partial charge in [0.05, 0.1) is 6.54 Å². The van der Waals surface area contributed by atoms with Crippen LogP contribution in [0.15, 0.2) is 47.6 Å². The van der Waals surface area contributed by atoms with E-state index in [0.29, 0.717) is 31.2 Å². The highest BCUT2D eigenvalue weighted by Gasteiger charge is 2.26. The van der Waals surface area contributed by atoms with Gasteiger partial charge < -0.3 is 20.0 Å². The summed E-state index contributed by atoms with van der Waals surface area (Å²) < 4.78 is 0. The number of piperazine rings is 1. The summed E-state index contributed by atoms with van der Waals surface area (Å²) in [4.78, 5) is 27.3. The molecule has 1 aliphatic heterocycles. The van der Waals surface area contributed by atoms with Gasteiger partial charge in [-0.15, -0.1) is 0 Å². The normalized spacial score (nSPS) is 14.9. The van der Waals surface area contributed by atoms with Crippen molar-refractivity contribution in [2.24, 2.45) is 4.99 Å². The molecule has 0 atom stereocenters. The van der Waals surface area contributed by atoms with Gasteiger partial charge in [0.25, 0.3) is 0 Å². The number of benzene rings is 1. The number of carbonyl (C=O) groups is 1. The lowest BCUT2D eigenvalue weighted by molar-refractivity contribution is -0.135. The summed E-state index contributed by atoms with van der Waals surface area (Å²) in [5, 5.41) is 4.07. The maximum absolute atomic E-state index is 12.7. The van der Waals surface area contributed by atoms with Crippen molar-refractivity contribution in [2.75, 3.05) is 45.7 Å². The van der Waals surface area contributed by atoms with E-state index in [0.717, 1.165) is 29.4 Å². The highest BCUT2D eigenvalue weighted by Crippen LogP contribution is 2.15. The third-order valence-electron chi connectivity index (χ3n) is 4.84. The molecule has 2 heterocycles. The molecule has 29 heavy (non-hydrogen) atoms. The Labute approximate surface area is 177 Å². The third kappa shape index (κ3) is 5.38. The monoisotopic (exact) mass is 414 g/mol. The van der Waals surface area contributed by atoms with Crippen LogP contribution in [0.1, 0.15) is 11.1 Å². The zero-order valence-corrected chi connectivity index (χ0v) is 17.9. The molecule has 0 saturated carbocycles. The summed E-state index contributed by atoms with van der Waals surface area (Å²) in [6.07, 6.45) is 1.78. The average Bonchev–Trinajstić information content (AvgIpc) is 2.72. The van der Waals surface area contributed by atoms with Gasteiger partial charge in [-0.05, 0) is 23.8 Å². The van der Waals surface area contributed by atoms with Crippen LogP contribution in [0.2, 0.25) is 5.02 Å². The Morgan fingerprint density at radius 1 is 1.24 bits per heavy atom. The minimum absolute atomic E-state index is 0.0875. The minimum Gasteiger partial charge on any atom is -0.362 e. The van der Waals surface area contributed by atoms with Crippen LogP contribution >= 0.6 is 11.6 Å². The lowest BCUT2D eigenvalue weighted by Crippen LogP contribution is -2.54. The van der Waals surface area contributed by atoms with E-state index in [4.69, 9.17) is 11.6 Å². The van der Waals surface area contributed by atoms with Crippen molar-refractivity contribution < 1.29 is 4.79 Å². The molecular weight excluding hydrogens is 388 g/mol. The van der Waals surface area contributed by atoms with Crippen LogP contribution in [-0.2, 0) is 17.9 Å². The van der Waals surface area contributed by atoms with Crippen LogP contribution in [0.5, 0.6) is 0 Å². The Morgan fingerprint density at radius 2 is 2.00 bits per heavy atom. The number of nitrogens with one attached hydrogen (secondary N) is 1. The van der Waals surface area contributed by atoms with Crippen LogP contribution < -0.4 is 10.2 Å². The van der Waals surface area contributed by atoms with Crippen molar-refractivity contribution in [2.45, 2.75) is 13.1 Å². The van der Waals surface area contributed by atoms with Gasteiger partial charge in [-0.2, -0.15) is 0 Å². The summed E-state index contributed by atoms with van der Waals surface area (Å²) in [5.41, 5.74) is 2.15. The zero-order valence-electron chi connectivity index (χ0n) is 17.1. The van der Waals surface area contributed by atoms with Gasteiger partial charge in [0.2, 0.25) is 5.91 Å². The summed E-state index contributed by atoms with van der Waals surface area (Å²) in [6, 6.07) is 11.6. The molecule has 0 unspecified atom stereocenters. The van der Waals surface area contributed by atoms with E-state index in [-0.39, 0.29) is 5.91 Å². The van der Waals surface area contributed by atoms with Crippen molar-refractivity contribution in [3.8, 4) is 0 Å². The molecule has 3 rings (SSSR count). The highest BCUT2D eigenvalue weighted by atomic mass is 35.5. The quantitative estimate of drug-likeness (QED) is 0.600. The zero-order chi connectivity index (χ0) is 20.8. The Morgan fingerprint density at radius 3 is 2.66 bits per heavy atom. The van der Waals surface area contributed by atoms with Crippen molar-refractivity contribution in [3.05, 3.63) is 58.7 Å². The van der Waals surface area contributed by atoms with Gasteiger partial charge in [-0.25, -0.2) is 4.98 Å². The number of hydrogen-bond acceptors (Lipinski definition) is 4. The number of amides is 1. The van der Waals surface area contributed by atoms with Gasteiger partial charge in [0.1, 0.15) is 5.82 Å². The molecule has 1 saturated heterocycles. The number of hydrogen-bond donors (Lipinski definition) is 1. The van der Waals surface area contributed by atoms with Crippen LogP contribution in [0, 0.1) is 0 Å². The smallest absolute Gasteiger partial charge is 0.242 e. The number of carbonyl (C=O) groups excluding carboxylic acids is 1. The molecule has 2 aromatic rings. The van der Waals surface area contributed by atoms with Crippen LogP contribution in [0.4, 0.5) is 5.82 Å². The summed E-state index contributed by atoms with van der Waals surface area (Å²) in [7, 11) is 5.68. The van der Waals surface area contributed by atoms with E-state index in [1.165, 1.54) is 0 Å². The molecule has 154 valence electrons. The van der Waals surface area contributed by atoms with E-state index in [1.54, 1.807) is 13.2 Å². The number of rotatable bonds is 5. The Bertz CT molecular complexity index is 868. The Balaban J connectivity index is 1.58. The number of aliphatic imine (C=N–C) groups is 1.